The lowest BCUT2D eigenvalue weighted by Gasteiger charge is -2.11. The van der Waals surface area contributed by atoms with Crippen LogP contribution in [0.25, 0.3) is 0 Å². The molecule has 0 bridgehead atoms. The Kier molecular flexibility index (Phi) is 5.73. The smallest absolute Gasteiger partial charge is 0.269 e. The van der Waals surface area contributed by atoms with Crippen molar-refractivity contribution in [2.24, 2.45) is 0 Å². The van der Waals surface area contributed by atoms with Crippen molar-refractivity contribution in [2.45, 2.75) is 6.92 Å². The third-order valence-corrected chi connectivity index (χ3v) is 3.30. The van der Waals surface area contributed by atoms with E-state index in [4.69, 9.17) is 4.74 Å². The van der Waals surface area contributed by atoms with E-state index >= 15 is 0 Å². The van der Waals surface area contributed by atoms with Crippen molar-refractivity contribution in [3.05, 3.63) is 59.4 Å². The van der Waals surface area contributed by atoms with Crippen LogP contribution in [-0.2, 0) is 4.79 Å². The zero-order valence-corrected chi connectivity index (χ0v) is 13.4. The number of hydrazine groups is 1. The molecule has 3 N–H and O–H groups in total. The Bertz CT molecular complexity index is 750. The zero-order valence-electron chi connectivity index (χ0n) is 13.4. The largest absolute Gasteiger partial charge is 0.495 e. The fourth-order valence-electron chi connectivity index (χ4n) is 1.94. The molecule has 0 spiro atoms. The molecule has 0 saturated carbocycles. The Labute approximate surface area is 139 Å². The van der Waals surface area contributed by atoms with E-state index in [2.05, 4.69) is 16.2 Å². The number of benzene rings is 2. The summed E-state index contributed by atoms with van der Waals surface area (Å²) >= 11 is 0. The van der Waals surface area contributed by atoms with Gasteiger partial charge in [0.1, 0.15) is 11.6 Å². The van der Waals surface area contributed by atoms with Crippen LogP contribution in [-0.4, -0.2) is 25.5 Å². The third-order valence-electron chi connectivity index (χ3n) is 3.30. The van der Waals surface area contributed by atoms with Gasteiger partial charge in [-0.1, -0.05) is 18.2 Å². The fourth-order valence-corrected chi connectivity index (χ4v) is 1.94. The van der Waals surface area contributed by atoms with Crippen molar-refractivity contribution >= 4 is 17.5 Å². The number of hydrogen-bond donors (Lipinski definition) is 3. The van der Waals surface area contributed by atoms with Crippen LogP contribution >= 0.6 is 0 Å². The Balaban J connectivity index is 1.84. The van der Waals surface area contributed by atoms with Crippen molar-refractivity contribution in [1.82, 2.24) is 10.9 Å². The minimum atomic E-state index is -0.598. The quantitative estimate of drug-likeness (QED) is 0.732. The Morgan fingerprint density at radius 1 is 1.12 bits per heavy atom. The summed E-state index contributed by atoms with van der Waals surface area (Å²) in [6.45, 7) is 1.53. The number of carbonyl (C=O) groups is 2. The molecule has 0 aliphatic heterocycles. The Morgan fingerprint density at radius 3 is 2.58 bits per heavy atom. The van der Waals surface area contributed by atoms with Gasteiger partial charge in [-0.05, 0) is 36.8 Å². The van der Waals surface area contributed by atoms with E-state index in [0.29, 0.717) is 17.0 Å². The van der Waals surface area contributed by atoms with E-state index in [-0.39, 0.29) is 12.1 Å². The van der Waals surface area contributed by atoms with Crippen molar-refractivity contribution in [3.8, 4) is 5.75 Å². The molecule has 0 aromatic heterocycles. The zero-order chi connectivity index (χ0) is 17.5. The number of ether oxygens (including phenoxy) is 1. The fraction of sp³-hybridized carbons (Fsp3) is 0.176. The standard InChI is InChI=1S/C17H18FN3O3/c1-11-7-8-12(9-13(11)18)17(23)21-20-16(22)10-19-14-5-3-4-6-15(14)24-2/h3-9,19H,10H2,1-2H3,(H,20,22)(H,21,23). The van der Waals surface area contributed by atoms with E-state index in [1.165, 1.54) is 19.2 Å². The number of para-hydroxylation sites is 2. The van der Waals surface area contributed by atoms with Crippen LogP contribution < -0.4 is 20.9 Å². The molecule has 0 heterocycles. The first-order chi connectivity index (χ1) is 11.5. The van der Waals surface area contributed by atoms with Crippen LogP contribution in [0.2, 0.25) is 0 Å². The van der Waals surface area contributed by atoms with Gasteiger partial charge in [-0.15, -0.1) is 0 Å². The van der Waals surface area contributed by atoms with Crippen molar-refractivity contribution in [2.75, 3.05) is 19.0 Å². The first kappa shape index (κ1) is 17.3. The summed E-state index contributed by atoms with van der Waals surface area (Å²) < 4.78 is 18.6. The molecular weight excluding hydrogens is 313 g/mol. The first-order valence-corrected chi connectivity index (χ1v) is 7.23. The van der Waals surface area contributed by atoms with Crippen molar-refractivity contribution in [3.63, 3.8) is 0 Å². The SMILES string of the molecule is COc1ccccc1NCC(=O)NNC(=O)c1ccc(C)c(F)c1. The normalized spacial score (nSPS) is 9.96. The van der Waals surface area contributed by atoms with E-state index in [1.54, 1.807) is 25.1 Å². The van der Waals surface area contributed by atoms with E-state index in [1.807, 2.05) is 6.07 Å². The highest BCUT2D eigenvalue weighted by Crippen LogP contribution is 2.22. The number of methoxy groups -OCH3 is 1. The summed E-state index contributed by atoms with van der Waals surface area (Å²) in [5, 5.41) is 2.90. The van der Waals surface area contributed by atoms with Gasteiger partial charge in [0, 0.05) is 5.56 Å². The van der Waals surface area contributed by atoms with E-state index < -0.39 is 17.6 Å². The average molecular weight is 331 g/mol. The van der Waals surface area contributed by atoms with E-state index in [0.717, 1.165) is 6.07 Å². The number of nitrogens with one attached hydrogen (secondary N) is 3. The molecule has 126 valence electrons. The van der Waals surface area contributed by atoms with Crippen molar-refractivity contribution in [1.29, 1.82) is 0 Å². The van der Waals surface area contributed by atoms with Gasteiger partial charge in [0.05, 0.1) is 19.3 Å². The van der Waals surface area contributed by atoms with Gasteiger partial charge < -0.3 is 10.1 Å². The molecular formula is C17H18FN3O3. The second kappa shape index (κ2) is 7.96. The first-order valence-electron chi connectivity index (χ1n) is 7.23. The molecule has 2 aromatic rings. The summed E-state index contributed by atoms with van der Waals surface area (Å²) in [4.78, 5) is 23.6. The highest BCUT2D eigenvalue weighted by Gasteiger charge is 2.10. The molecule has 2 amide bonds. The number of hydrogen-bond acceptors (Lipinski definition) is 4. The van der Waals surface area contributed by atoms with Crippen LogP contribution in [0, 0.1) is 12.7 Å². The molecule has 0 aliphatic rings. The lowest BCUT2D eigenvalue weighted by atomic mass is 10.1. The van der Waals surface area contributed by atoms with Gasteiger partial charge in [-0.3, -0.25) is 20.4 Å². The molecule has 24 heavy (non-hydrogen) atoms. The van der Waals surface area contributed by atoms with Gasteiger partial charge in [-0.2, -0.15) is 0 Å². The number of carbonyl (C=O) groups excluding carboxylic acids is 2. The minimum absolute atomic E-state index is 0.0666. The highest BCUT2D eigenvalue weighted by atomic mass is 19.1. The molecule has 2 aromatic carbocycles. The van der Waals surface area contributed by atoms with Gasteiger partial charge in [0.15, 0.2) is 0 Å². The van der Waals surface area contributed by atoms with Crippen LogP contribution in [0.5, 0.6) is 5.75 Å². The third kappa shape index (κ3) is 4.45. The molecule has 2 rings (SSSR count). The molecule has 7 heteroatoms. The predicted octanol–water partition coefficient (Wildman–Crippen LogP) is 2.02. The van der Waals surface area contributed by atoms with E-state index in [9.17, 15) is 14.0 Å². The predicted molar refractivity (Wildman–Crippen MR) is 88.2 cm³/mol. The van der Waals surface area contributed by atoms with Gasteiger partial charge in [0.2, 0.25) is 0 Å². The minimum Gasteiger partial charge on any atom is -0.495 e. The van der Waals surface area contributed by atoms with Crippen LogP contribution in [0.15, 0.2) is 42.5 Å². The van der Waals surface area contributed by atoms with Gasteiger partial charge >= 0.3 is 0 Å². The van der Waals surface area contributed by atoms with Crippen LogP contribution in [0.4, 0.5) is 10.1 Å². The molecule has 0 atom stereocenters. The molecule has 0 saturated heterocycles. The number of amides is 2. The molecule has 0 fully saturated rings. The lowest BCUT2D eigenvalue weighted by Crippen LogP contribution is -2.44. The summed E-state index contributed by atoms with van der Waals surface area (Å²) in [6.07, 6.45) is 0. The number of rotatable bonds is 5. The highest BCUT2D eigenvalue weighted by molar-refractivity contribution is 5.95. The summed E-state index contributed by atoms with van der Waals surface area (Å²) in [7, 11) is 1.53. The second-order valence-electron chi connectivity index (χ2n) is 5.02. The summed E-state index contributed by atoms with van der Waals surface area (Å²) in [5.41, 5.74) is 5.71. The van der Waals surface area contributed by atoms with Gasteiger partial charge in [-0.25, -0.2) is 4.39 Å². The molecule has 6 nitrogen and oxygen atoms in total. The average Bonchev–Trinajstić information content (AvgIpc) is 2.60. The molecule has 0 aliphatic carbocycles. The van der Waals surface area contributed by atoms with Crippen LogP contribution in [0.3, 0.4) is 0 Å². The lowest BCUT2D eigenvalue weighted by molar-refractivity contribution is -0.120. The maximum atomic E-state index is 13.4. The maximum absolute atomic E-state index is 13.4. The maximum Gasteiger partial charge on any atom is 0.269 e. The van der Waals surface area contributed by atoms with Gasteiger partial charge in [0.25, 0.3) is 11.8 Å². The second-order valence-corrected chi connectivity index (χ2v) is 5.02. The Morgan fingerprint density at radius 2 is 1.88 bits per heavy atom. The molecule has 0 unspecified atom stereocenters. The summed E-state index contributed by atoms with van der Waals surface area (Å²) in [6, 6.07) is 11.2. The molecule has 0 radical (unpaired) electrons. The number of aryl methyl sites for hydroxylation is 1. The van der Waals surface area contributed by atoms with Crippen molar-refractivity contribution < 1.29 is 18.7 Å². The summed E-state index contributed by atoms with van der Waals surface area (Å²) in [5.74, 6) is -0.933. The van der Waals surface area contributed by atoms with Crippen LogP contribution in [0.1, 0.15) is 15.9 Å². The number of anilines is 1. The monoisotopic (exact) mass is 331 g/mol. The number of halogens is 1. The topological polar surface area (TPSA) is 79.5 Å². The Hall–Kier alpha value is -3.09.